The van der Waals surface area contributed by atoms with Gasteiger partial charge in [0.15, 0.2) is 5.76 Å². The summed E-state index contributed by atoms with van der Waals surface area (Å²) >= 11 is 0. The number of aliphatic hydroxyl groups is 1. The second-order valence-electron chi connectivity index (χ2n) is 7.54. The first-order valence-corrected chi connectivity index (χ1v) is 11.5. The van der Waals surface area contributed by atoms with E-state index < -0.39 is 27.5 Å². The maximum atomic E-state index is 13.6. The lowest BCUT2D eigenvalue weighted by Gasteiger charge is -2.27. The predicted octanol–water partition coefficient (Wildman–Crippen LogP) is 4.89. The van der Waals surface area contributed by atoms with Gasteiger partial charge in [0.2, 0.25) is 9.84 Å². The molecule has 1 N–H and O–H groups in total. The minimum atomic E-state index is -4.12. The van der Waals surface area contributed by atoms with Crippen LogP contribution in [0.1, 0.15) is 29.7 Å². The summed E-state index contributed by atoms with van der Waals surface area (Å²) in [4.78, 5) is 14.2. The van der Waals surface area contributed by atoms with Crippen molar-refractivity contribution in [1.29, 1.82) is 0 Å². The average Bonchev–Trinajstić information content (AvgIpc) is 3.06. The number of benzene rings is 3. The number of sulfone groups is 1. The standard InChI is InChI=1S/C25H23NO4S/c1-3-18-11-13-19(14-12-18)22-24(31(29,30)21-15-9-17(2)10-16-21)23(27)25(28)26(22)20-7-5-4-6-8-20/h4-16,22,27H,3H2,1-2H3/t22-/m0/s1. The number of hydrogen-bond acceptors (Lipinski definition) is 4. The van der Waals surface area contributed by atoms with E-state index in [9.17, 15) is 18.3 Å². The molecule has 0 saturated heterocycles. The Morgan fingerprint density at radius 1 is 0.903 bits per heavy atom. The molecule has 6 heteroatoms. The van der Waals surface area contributed by atoms with Gasteiger partial charge in [0, 0.05) is 5.69 Å². The lowest BCUT2D eigenvalue weighted by atomic mass is 10.0. The van der Waals surface area contributed by atoms with Gasteiger partial charge >= 0.3 is 0 Å². The Morgan fingerprint density at radius 3 is 2.10 bits per heavy atom. The first-order valence-electron chi connectivity index (χ1n) is 10.1. The minimum absolute atomic E-state index is 0.0394. The molecule has 0 saturated carbocycles. The molecule has 0 aromatic heterocycles. The van der Waals surface area contributed by atoms with E-state index in [-0.39, 0.29) is 9.80 Å². The van der Waals surface area contributed by atoms with Gasteiger partial charge in [-0.3, -0.25) is 9.69 Å². The zero-order valence-electron chi connectivity index (χ0n) is 17.3. The minimum Gasteiger partial charge on any atom is -0.502 e. The number of amides is 1. The van der Waals surface area contributed by atoms with Crippen LogP contribution in [0.4, 0.5) is 5.69 Å². The Hall–Kier alpha value is -3.38. The summed E-state index contributed by atoms with van der Waals surface area (Å²) in [7, 11) is -4.12. The summed E-state index contributed by atoms with van der Waals surface area (Å²) in [5, 5.41) is 10.8. The second-order valence-corrected chi connectivity index (χ2v) is 9.46. The maximum Gasteiger partial charge on any atom is 0.295 e. The number of para-hydroxylation sites is 1. The number of aryl methyl sites for hydroxylation is 2. The highest BCUT2D eigenvalue weighted by Gasteiger charge is 2.47. The molecule has 1 amide bonds. The molecule has 0 fully saturated rings. The van der Waals surface area contributed by atoms with Crippen molar-refractivity contribution in [1.82, 2.24) is 0 Å². The molecule has 5 nitrogen and oxygen atoms in total. The van der Waals surface area contributed by atoms with Crippen LogP contribution in [-0.2, 0) is 21.1 Å². The Morgan fingerprint density at radius 2 is 1.52 bits per heavy atom. The molecule has 3 aromatic rings. The van der Waals surface area contributed by atoms with Gasteiger partial charge in [0.05, 0.1) is 4.90 Å². The van der Waals surface area contributed by atoms with Gasteiger partial charge in [-0.1, -0.05) is 67.1 Å². The van der Waals surface area contributed by atoms with E-state index in [1.807, 2.05) is 44.2 Å². The molecule has 1 atom stereocenters. The smallest absolute Gasteiger partial charge is 0.295 e. The number of rotatable bonds is 5. The summed E-state index contributed by atoms with van der Waals surface area (Å²) in [6, 6.07) is 21.7. The Kier molecular flexibility index (Phi) is 5.41. The Labute approximate surface area is 182 Å². The van der Waals surface area contributed by atoms with Crippen LogP contribution < -0.4 is 4.90 Å². The van der Waals surface area contributed by atoms with Crippen molar-refractivity contribution in [2.45, 2.75) is 31.2 Å². The number of carbonyl (C=O) groups excluding carboxylic acids is 1. The van der Waals surface area contributed by atoms with Crippen molar-refractivity contribution in [3.05, 3.63) is 106 Å². The predicted molar refractivity (Wildman–Crippen MR) is 121 cm³/mol. The molecule has 0 unspecified atom stereocenters. The molecular weight excluding hydrogens is 410 g/mol. The normalized spacial score (nSPS) is 16.8. The molecule has 1 aliphatic rings. The van der Waals surface area contributed by atoms with Gasteiger partial charge in [-0.05, 0) is 48.7 Å². The Balaban J connectivity index is 1.92. The fourth-order valence-corrected chi connectivity index (χ4v) is 5.42. The van der Waals surface area contributed by atoms with Gasteiger partial charge in [-0.2, -0.15) is 0 Å². The molecule has 1 heterocycles. The zero-order valence-corrected chi connectivity index (χ0v) is 18.1. The molecule has 31 heavy (non-hydrogen) atoms. The third-order valence-electron chi connectivity index (χ3n) is 5.52. The molecule has 0 bridgehead atoms. The van der Waals surface area contributed by atoms with Gasteiger partial charge in [0.25, 0.3) is 5.91 Å². The highest BCUT2D eigenvalue weighted by molar-refractivity contribution is 7.95. The van der Waals surface area contributed by atoms with E-state index in [1.54, 1.807) is 36.4 Å². The molecule has 0 spiro atoms. The van der Waals surface area contributed by atoms with E-state index >= 15 is 0 Å². The van der Waals surface area contributed by atoms with Crippen LogP contribution in [0.5, 0.6) is 0 Å². The van der Waals surface area contributed by atoms with E-state index in [4.69, 9.17) is 0 Å². The molecule has 4 rings (SSSR count). The van der Waals surface area contributed by atoms with E-state index in [0.29, 0.717) is 11.3 Å². The van der Waals surface area contributed by atoms with Gasteiger partial charge in [-0.15, -0.1) is 0 Å². The first-order chi connectivity index (χ1) is 14.8. The van der Waals surface area contributed by atoms with Crippen molar-refractivity contribution in [2.24, 2.45) is 0 Å². The average molecular weight is 434 g/mol. The largest absolute Gasteiger partial charge is 0.502 e. The number of aliphatic hydroxyl groups excluding tert-OH is 1. The highest BCUT2D eigenvalue weighted by Crippen LogP contribution is 2.44. The number of hydrogen-bond donors (Lipinski definition) is 1. The maximum absolute atomic E-state index is 13.6. The van der Waals surface area contributed by atoms with Gasteiger partial charge < -0.3 is 5.11 Å². The molecule has 158 valence electrons. The van der Waals surface area contributed by atoms with E-state index in [0.717, 1.165) is 17.5 Å². The van der Waals surface area contributed by atoms with Crippen LogP contribution in [-0.4, -0.2) is 19.4 Å². The topological polar surface area (TPSA) is 74.7 Å². The van der Waals surface area contributed by atoms with Crippen LogP contribution >= 0.6 is 0 Å². The lowest BCUT2D eigenvalue weighted by Crippen LogP contribution is -2.31. The first kappa shape index (κ1) is 20.9. The number of nitrogens with zero attached hydrogens (tertiary/aromatic N) is 1. The lowest BCUT2D eigenvalue weighted by molar-refractivity contribution is -0.117. The van der Waals surface area contributed by atoms with Gasteiger partial charge in [0.1, 0.15) is 10.9 Å². The van der Waals surface area contributed by atoms with Crippen LogP contribution in [0.3, 0.4) is 0 Å². The quantitative estimate of drug-likeness (QED) is 0.622. The summed E-state index contributed by atoms with van der Waals surface area (Å²) in [6.07, 6.45) is 0.835. The molecular formula is C25H23NO4S. The van der Waals surface area contributed by atoms with Crippen LogP contribution in [0, 0.1) is 6.92 Å². The van der Waals surface area contributed by atoms with Crippen LogP contribution in [0.15, 0.2) is 94.4 Å². The Bertz CT molecular complexity index is 1250. The van der Waals surface area contributed by atoms with Gasteiger partial charge in [-0.25, -0.2) is 8.42 Å². The van der Waals surface area contributed by atoms with Crippen molar-refractivity contribution >= 4 is 21.4 Å². The number of anilines is 1. The summed E-state index contributed by atoms with van der Waals surface area (Å²) in [6.45, 7) is 3.89. The third kappa shape index (κ3) is 3.64. The molecule has 1 aliphatic heterocycles. The summed E-state index contributed by atoms with van der Waals surface area (Å²) in [5.41, 5.74) is 3.13. The van der Waals surface area contributed by atoms with Crippen molar-refractivity contribution in [2.75, 3.05) is 4.90 Å². The molecule has 0 aliphatic carbocycles. The summed E-state index contributed by atoms with van der Waals surface area (Å²) in [5.74, 6) is -1.48. The number of carbonyl (C=O) groups is 1. The molecule has 3 aromatic carbocycles. The van der Waals surface area contributed by atoms with Crippen LogP contribution in [0.2, 0.25) is 0 Å². The fraction of sp³-hybridized carbons (Fsp3) is 0.160. The van der Waals surface area contributed by atoms with Crippen molar-refractivity contribution < 1.29 is 18.3 Å². The summed E-state index contributed by atoms with van der Waals surface area (Å²) < 4.78 is 27.2. The third-order valence-corrected chi connectivity index (χ3v) is 7.41. The SMILES string of the molecule is CCc1ccc([C@H]2C(S(=O)(=O)c3ccc(C)cc3)=C(O)C(=O)N2c2ccccc2)cc1. The van der Waals surface area contributed by atoms with Crippen molar-refractivity contribution in [3.8, 4) is 0 Å². The monoisotopic (exact) mass is 433 g/mol. The van der Waals surface area contributed by atoms with Crippen molar-refractivity contribution in [3.63, 3.8) is 0 Å². The molecule has 0 radical (unpaired) electrons. The zero-order chi connectivity index (χ0) is 22.2. The second kappa shape index (κ2) is 8.04. The van der Waals surface area contributed by atoms with E-state index in [1.165, 1.54) is 17.0 Å². The van der Waals surface area contributed by atoms with Crippen LogP contribution in [0.25, 0.3) is 0 Å². The fourth-order valence-electron chi connectivity index (χ4n) is 3.79. The van der Waals surface area contributed by atoms with E-state index in [2.05, 4.69) is 0 Å². The highest BCUT2D eigenvalue weighted by atomic mass is 32.2.